The number of para-hydroxylation sites is 1. The monoisotopic (exact) mass is 437 g/mol. The summed E-state index contributed by atoms with van der Waals surface area (Å²) in [6, 6.07) is 6.14. The molecule has 0 bridgehead atoms. The Bertz CT molecular complexity index is 988. The van der Waals surface area contributed by atoms with Crippen LogP contribution in [0.3, 0.4) is 0 Å². The van der Waals surface area contributed by atoms with Gasteiger partial charge in [-0.1, -0.05) is 23.5 Å². The van der Waals surface area contributed by atoms with Crippen molar-refractivity contribution < 1.29 is 17.9 Å². The minimum absolute atomic E-state index is 0.0716. The Morgan fingerprint density at radius 1 is 1.14 bits per heavy atom. The molecule has 1 aromatic carbocycles. The Kier molecular flexibility index (Phi) is 5.81. The van der Waals surface area contributed by atoms with Crippen molar-refractivity contribution in [1.29, 1.82) is 0 Å². The summed E-state index contributed by atoms with van der Waals surface area (Å²) in [5.41, 5.74) is 2.15. The molecule has 158 valence electrons. The Morgan fingerprint density at radius 3 is 2.45 bits per heavy atom. The van der Waals surface area contributed by atoms with Gasteiger partial charge in [-0.15, -0.1) is 0 Å². The fourth-order valence-corrected chi connectivity index (χ4v) is 5.98. The number of nitrogens with zero attached hydrogens (tertiary/aromatic N) is 3. The van der Waals surface area contributed by atoms with Gasteiger partial charge < -0.3 is 9.64 Å². The van der Waals surface area contributed by atoms with Crippen LogP contribution in [0.5, 0.6) is 5.19 Å². The lowest BCUT2D eigenvalue weighted by atomic mass is 9.95. The summed E-state index contributed by atoms with van der Waals surface area (Å²) in [7, 11) is -3.16. The molecule has 2 saturated heterocycles. The van der Waals surface area contributed by atoms with Crippen molar-refractivity contribution in [2.75, 3.05) is 32.4 Å². The number of sulfonamides is 1. The number of fused-ring (bicyclic) bond motifs is 1. The minimum Gasteiger partial charge on any atom is -0.467 e. The van der Waals surface area contributed by atoms with E-state index in [-0.39, 0.29) is 17.9 Å². The molecule has 0 radical (unpaired) electrons. The Morgan fingerprint density at radius 2 is 1.83 bits per heavy atom. The first-order chi connectivity index (χ1) is 13.8. The van der Waals surface area contributed by atoms with Crippen molar-refractivity contribution in [1.82, 2.24) is 14.2 Å². The highest BCUT2D eigenvalue weighted by molar-refractivity contribution is 7.88. The number of hydrogen-bond acceptors (Lipinski definition) is 6. The molecule has 4 rings (SSSR count). The van der Waals surface area contributed by atoms with Crippen LogP contribution in [0.15, 0.2) is 18.2 Å². The molecular weight excluding hydrogens is 410 g/mol. The smallest absolute Gasteiger partial charge is 0.274 e. The molecular formula is C20H27N3O4S2. The number of carbonyl (C=O) groups is 1. The summed E-state index contributed by atoms with van der Waals surface area (Å²) in [5.74, 6) is 0.0879. The van der Waals surface area contributed by atoms with Gasteiger partial charge in [-0.3, -0.25) is 4.79 Å². The van der Waals surface area contributed by atoms with Gasteiger partial charge in [0.1, 0.15) is 6.10 Å². The van der Waals surface area contributed by atoms with Crippen LogP contribution in [0.1, 0.15) is 31.2 Å². The van der Waals surface area contributed by atoms with Crippen molar-refractivity contribution in [3.05, 3.63) is 23.8 Å². The van der Waals surface area contributed by atoms with Crippen LogP contribution in [0, 0.1) is 12.8 Å². The fraction of sp³-hybridized carbons (Fsp3) is 0.600. The molecule has 9 heteroatoms. The van der Waals surface area contributed by atoms with E-state index in [0.29, 0.717) is 44.2 Å². The lowest BCUT2D eigenvalue weighted by Gasteiger charge is -2.36. The van der Waals surface area contributed by atoms with Gasteiger partial charge in [-0.2, -0.15) is 0 Å². The van der Waals surface area contributed by atoms with E-state index in [1.165, 1.54) is 10.6 Å². The second-order valence-electron chi connectivity index (χ2n) is 7.98. The molecule has 1 amide bonds. The third-order valence-corrected chi connectivity index (χ3v) is 8.11. The van der Waals surface area contributed by atoms with Gasteiger partial charge in [0.25, 0.3) is 5.19 Å². The molecule has 2 aliphatic heterocycles. The lowest BCUT2D eigenvalue weighted by Crippen LogP contribution is -2.47. The molecule has 0 atom stereocenters. The van der Waals surface area contributed by atoms with Gasteiger partial charge in [0, 0.05) is 44.9 Å². The first-order valence-corrected chi connectivity index (χ1v) is 12.7. The fourth-order valence-electron chi connectivity index (χ4n) is 4.15. The van der Waals surface area contributed by atoms with Crippen molar-refractivity contribution in [2.24, 2.45) is 5.92 Å². The topological polar surface area (TPSA) is 79.8 Å². The largest absolute Gasteiger partial charge is 0.467 e. The third kappa shape index (κ3) is 4.57. The van der Waals surface area contributed by atoms with E-state index < -0.39 is 10.0 Å². The van der Waals surface area contributed by atoms with Gasteiger partial charge in [0.15, 0.2) is 0 Å². The summed E-state index contributed by atoms with van der Waals surface area (Å²) in [4.78, 5) is 19.4. The normalized spacial score (nSPS) is 20.3. The molecule has 0 spiro atoms. The zero-order valence-corrected chi connectivity index (χ0v) is 18.5. The van der Waals surface area contributed by atoms with E-state index >= 15 is 0 Å². The number of ether oxygens (including phenoxy) is 1. The van der Waals surface area contributed by atoms with Crippen LogP contribution in [-0.4, -0.2) is 67.1 Å². The molecule has 3 heterocycles. The Balaban J connectivity index is 1.29. The highest BCUT2D eigenvalue weighted by Gasteiger charge is 2.33. The number of hydrogen-bond donors (Lipinski definition) is 0. The Hall–Kier alpha value is -1.71. The van der Waals surface area contributed by atoms with Crippen molar-refractivity contribution in [3.8, 4) is 5.19 Å². The van der Waals surface area contributed by atoms with Crippen LogP contribution < -0.4 is 4.74 Å². The van der Waals surface area contributed by atoms with E-state index in [1.807, 2.05) is 11.0 Å². The van der Waals surface area contributed by atoms with Gasteiger partial charge in [0.2, 0.25) is 15.9 Å². The van der Waals surface area contributed by atoms with Crippen LogP contribution >= 0.6 is 11.3 Å². The zero-order chi connectivity index (χ0) is 20.6. The standard InChI is InChI=1S/C20H27N3O4S2/c1-14-4-3-5-17-18(14)21-20(28-17)27-16-8-10-22(11-9-16)19(24)15-6-12-23(13-7-15)29(2,25)26/h3-5,15-16H,6-13H2,1-2H3. The second-order valence-corrected chi connectivity index (χ2v) is 11.0. The maximum atomic E-state index is 12.8. The zero-order valence-electron chi connectivity index (χ0n) is 16.8. The van der Waals surface area contributed by atoms with Crippen LogP contribution in [0.2, 0.25) is 0 Å². The number of carbonyl (C=O) groups excluding carboxylic acids is 1. The average Bonchev–Trinajstić information content (AvgIpc) is 3.11. The average molecular weight is 438 g/mol. The van der Waals surface area contributed by atoms with Gasteiger partial charge in [-0.05, 0) is 31.4 Å². The number of benzene rings is 1. The van der Waals surface area contributed by atoms with Crippen molar-refractivity contribution in [2.45, 2.75) is 38.7 Å². The van der Waals surface area contributed by atoms with Gasteiger partial charge in [0.05, 0.1) is 16.5 Å². The number of piperidine rings is 2. The quantitative estimate of drug-likeness (QED) is 0.735. The van der Waals surface area contributed by atoms with E-state index in [2.05, 4.69) is 24.0 Å². The number of amides is 1. The SMILES string of the molecule is Cc1cccc2sc(OC3CCN(C(=O)C4CCN(S(C)(=O)=O)CC4)CC3)nc12. The highest BCUT2D eigenvalue weighted by Crippen LogP contribution is 2.31. The molecule has 0 unspecified atom stereocenters. The van der Waals surface area contributed by atoms with E-state index in [1.54, 1.807) is 11.3 Å². The first-order valence-electron chi connectivity index (χ1n) is 10.1. The summed E-state index contributed by atoms with van der Waals surface area (Å²) in [5, 5.41) is 0.701. The van der Waals surface area contributed by atoms with E-state index in [0.717, 1.165) is 28.6 Å². The predicted octanol–water partition coefficient (Wildman–Crippen LogP) is 2.65. The second kappa shape index (κ2) is 8.20. The highest BCUT2D eigenvalue weighted by atomic mass is 32.2. The summed E-state index contributed by atoms with van der Waals surface area (Å²) < 4.78 is 32.0. The summed E-state index contributed by atoms with van der Waals surface area (Å²) in [6.45, 7) is 4.29. The molecule has 7 nitrogen and oxygen atoms in total. The maximum Gasteiger partial charge on any atom is 0.274 e. The maximum absolute atomic E-state index is 12.8. The predicted molar refractivity (Wildman–Crippen MR) is 114 cm³/mol. The number of aromatic nitrogens is 1. The molecule has 1 aromatic heterocycles. The van der Waals surface area contributed by atoms with Gasteiger partial charge in [-0.25, -0.2) is 17.7 Å². The molecule has 2 aliphatic rings. The van der Waals surface area contributed by atoms with Crippen molar-refractivity contribution >= 4 is 37.5 Å². The van der Waals surface area contributed by atoms with E-state index in [4.69, 9.17) is 4.74 Å². The number of aryl methyl sites for hydroxylation is 1. The molecule has 2 aromatic rings. The molecule has 29 heavy (non-hydrogen) atoms. The van der Waals surface area contributed by atoms with Crippen LogP contribution in [0.25, 0.3) is 10.2 Å². The number of rotatable bonds is 4. The van der Waals surface area contributed by atoms with Crippen molar-refractivity contribution in [3.63, 3.8) is 0 Å². The lowest BCUT2D eigenvalue weighted by molar-refractivity contribution is -0.138. The number of thiazole rings is 1. The number of likely N-dealkylation sites (tertiary alicyclic amines) is 1. The minimum atomic E-state index is -3.16. The molecule has 0 aliphatic carbocycles. The van der Waals surface area contributed by atoms with Crippen LogP contribution in [0.4, 0.5) is 0 Å². The third-order valence-electron chi connectivity index (χ3n) is 5.89. The summed E-state index contributed by atoms with van der Waals surface area (Å²) >= 11 is 1.57. The molecule has 2 fully saturated rings. The summed E-state index contributed by atoms with van der Waals surface area (Å²) in [6.07, 6.45) is 4.10. The van der Waals surface area contributed by atoms with Gasteiger partial charge >= 0.3 is 0 Å². The first kappa shape index (κ1) is 20.6. The van der Waals surface area contributed by atoms with Crippen LogP contribution in [-0.2, 0) is 14.8 Å². The van der Waals surface area contributed by atoms with E-state index in [9.17, 15) is 13.2 Å². The Labute approximate surface area is 175 Å². The molecule has 0 saturated carbocycles. The molecule has 0 N–H and O–H groups in total.